The van der Waals surface area contributed by atoms with Gasteiger partial charge in [-0.2, -0.15) is 0 Å². The number of aromatic hydroxyl groups is 1. The van der Waals surface area contributed by atoms with Crippen LogP contribution in [0.2, 0.25) is 0 Å². The fraction of sp³-hybridized carbons (Fsp3) is 0.478. The van der Waals surface area contributed by atoms with Crippen LogP contribution in [0.5, 0.6) is 11.5 Å². The summed E-state index contributed by atoms with van der Waals surface area (Å²) in [5.41, 5.74) is -0.741. The Hall–Kier alpha value is -5.68. The lowest BCUT2D eigenvalue weighted by atomic mass is 9.78. The number of amides is 1. The first-order chi connectivity index (χ1) is 29.2. The van der Waals surface area contributed by atoms with Gasteiger partial charge in [0.15, 0.2) is 22.4 Å². The van der Waals surface area contributed by atoms with Crippen LogP contribution in [-0.2, 0) is 14.3 Å². The van der Waals surface area contributed by atoms with Gasteiger partial charge in [-0.1, -0.05) is 45.9 Å². The number of hydrogen-bond donors (Lipinski definition) is 6. The molecule has 6 N–H and O–H groups in total. The van der Waals surface area contributed by atoms with E-state index in [1.54, 1.807) is 39.8 Å². The summed E-state index contributed by atoms with van der Waals surface area (Å²) in [6.07, 6.45) is 4.25. The Morgan fingerprint density at radius 1 is 0.887 bits per heavy atom. The van der Waals surface area contributed by atoms with E-state index in [-0.39, 0.29) is 60.8 Å². The molecule has 3 aromatic carbocycles. The zero-order valence-corrected chi connectivity index (χ0v) is 36.6. The quantitative estimate of drug-likeness (QED) is 0.116. The van der Waals surface area contributed by atoms with Crippen LogP contribution in [0.1, 0.15) is 53.5 Å². The number of nitrogens with zero attached hydrogens (tertiary/aromatic N) is 3. The average Bonchev–Trinajstić information content (AvgIpc) is 3.42. The number of ether oxygens (including phenoxy) is 3. The van der Waals surface area contributed by atoms with Crippen molar-refractivity contribution in [1.29, 1.82) is 0 Å². The van der Waals surface area contributed by atoms with Gasteiger partial charge in [-0.15, -0.1) is 0 Å². The van der Waals surface area contributed by atoms with Crippen LogP contribution >= 0.6 is 0 Å². The number of nitrogens with one attached hydrogen (secondary N) is 1. The van der Waals surface area contributed by atoms with Crippen LogP contribution in [0.15, 0.2) is 56.2 Å². The lowest BCUT2D eigenvalue weighted by Crippen LogP contribution is -2.44. The number of fused-ring (bicyclic) bond motifs is 4. The summed E-state index contributed by atoms with van der Waals surface area (Å²) in [5.74, 6) is -6.21. The molecule has 4 heterocycles. The number of allylic oxidation sites excluding steroid dienone is 2. The van der Waals surface area contributed by atoms with Crippen LogP contribution in [0, 0.1) is 30.6 Å². The maximum absolute atomic E-state index is 14.9. The number of phenols is 1. The van der Waals surface area contributed by atoms with Gasteiger partial charge >= 0.3 is 5.79 Å². The highest BCUT2D eigenvalue weighted by molar-refractivity contribution is 6.17. The molecule has 0 aliphatic carbocycles. The molecule has 0 fully saturated rings. The van der Waals surface area contributed by atoms with Gasteiger partial charge in [0, 0.05) is 87.5 Å². The number of aliphatic hydroxyl groups is 4. The van der Waals surface area contributed by atoms with Gasteiger partial charge in [0.05, 0.1) is 47.0 Å². The molecule has 0 saturated carbocycles. The van der Waals surface area contributed by atoms with Crippen molar-refractivity contribution in [2.75, 3.05) is 49.4 Å². The Morgan fingerprint density at radius 2 is 1.55 bits per heavy atom. The van der Waals surface area contributed by atoms with Crippen LogP contribution in [-0.4, -0.2) is 101 Å². The van der Waals surface area contributed by atoms with Crippen LogP contribution < -0.4 is 35.9 Å². The van der Waals surface area contributed by atoms with E-state index in [1.807, 2.05) is 23.9 Å². The van der Waals surface area contributed by atoms with E-state index in [9.17, 15) is 39.9 Å². The Morgan fingerprint density at radius 3 is 2.24 bits per heavy atom. The Bertz CT molecular complexity index is 2750. The molecule has 4 bridgehead atoms. The number of aliphatic hydroxyl groups excluding tert-OH is 4. The molecule has 0 radical (unpaired) electrons. The van der Waals surface area contributed by atoms with Crippen molar-refractivity contribution in [3.05, 3.63) is 73.4 Å². The van der Waals surface area contributed by atoms with Gasteiger partial charge in [0.1, 0.15) is 28.4 Å². The largest absolute Gasteiger partial charge is 0.507 e. The third-order valence-electron chi connectivity index (χ3n) is 13.1. The highest BCUT2D eigenvalue weighted by Gasteiger charge is 2.44. The maximum atomic E-state index is 14.9. The standard InChI is InChI=1S/C46H56N4O12/c1-20-13-11-14-21(2)45(58)48-34-40(56)30-29(33-42(34)61-43-32(47-33)27(51)19-26-35(43)50(9)17-12-16-49(26)8)31-41(25(6)39(30)55)62-46(7,44(31)57)60-18-15-28(59-10)22(3)37(53)24(5)38(54)23(4)36(20)52/h11,13-15,18-20,22-24,28,36-38,52-55,57H,12,16-17H2,1-10H3,(H,48,58)/b13-11+,18-15+,21-14-/t20-,22+,23+,24-,28-,36-,37+,38-,46-/m0/s1. The van der Waals surface area contributed by atoms with E-state index < -0.39 is 82.1 Å². The molecule has 0 spiro atoms. The second-order valence-corrected chi connectivity index (χ2v) is 17.3. The third-order valence-corrected chi connectivity index (χ3v) is 13.1. The first kappa shape index (κ1) is 44.4. The van der Waals surface area contributed by atoms with Gasteiger partial charge in [0.2, 0.25) is 10.9 Å². The fourth-order valence-corrected chi connectivity index (χ4v) is 8.96. The minimum Gasteiger partial charge on any atom is -0.507 e. The normalized spacial score (nSPS) is 30.8. The molecule has 1 aromatic heterocycles. The summed E-state index contributed by atoms with van der Waals surface area (Å²) >= 11 is 0. The molecule has 9 atom stereocenters. The summed E-state index contributed by atoms with van der Waals surface area (Å²) in [6.45, 7) is 12.6. The minimum absolute atomic E-state index is 0.0371. The predicted octanol–water partition coefficient (Wildman–Crippen LogP) is 4.27. The van der Waals surface area contributed by atoms with Gasteiger partial charge < -0.3 is 59.3 Å². The van der Waals surface area contributed by atoms with Crippen molar-refractivity contribution in [3.8, 4) is 11.5 Å². The lowest BCUT2D eigenvalue weighted by molar-refractivity contribution is -0.112. The number of anilines is 3. The lowest BCUT2D eigenvalue weighted by Gasteiger charge is -2.36. The molecule has 0 unspecified atom stereocenters. The Labute approximate surface area is 358 Å². The van der Waals surface area contributed by atoms with Gasteiger partial charge in [-0.05, 0) is 26.3 Å². The van der Waals surface area contributed by atoms with Crippen LogP contribution in [0.4, 0.5) is 17.1 Å². The van der Waals surface area contributed by atoms with E-state index >= 15 is 0 Å². The molecule has 4 aromatic rings. The van der Waals surface area contributed by atoms with E-state index in [2.05, 4.69) is 5.32 Å². The number of methoxy groups -OCH3 is 1. The molecular weight excluding hydrogens is 801 g/mol. The molecular formula is C46H56N4O12. The van der Waals surface area contributed by atoms with Crippen LogP contribution in [0.3, 0.4) is 0 Å². The van der Waals surface area contributed by atoms with Crippen molar-refractivity contribution in [2.45, 2.75) is 85.1 Å². The first-order valence-corrected chi connectivity index (χ1v) is 20.8. The Balaban J connectivity index is 1.54. The highest BCUT2D eigenvalue weighted by Crippen LogP contribution is 2.44. The number of hydrogen-bond acceptors (Lipinski definition) is 15. The number of benzene rings is 3. The average molecular weight is 857 g/mol. The van der Waals surface area contributed by atoms with Gasteiger partial charge in [-0.25, -0.2) is 4.98 Å². The molecule has 332 valence electrons. The van der Waals surface area contributed by atoms with E-state index in [0.29, 0.717) is 24.5 Å². The summed E-state index contributed by atoms with van der Waals surface area (Å²) in [7, 11) is 5.16. The number of carbonyl (C=O) groups excluding carboxylic acids is 1. The molecule has 3 aliphatic rings. The number of aromatic nitrogens is 1. The predicted molar refractivity (Wildman–Crippen MR) is 237 cm³/mol. The second-order valence-electron chi connectivity index (χ2n) is 17.3. The van der Waals surface area contributed by atoms with Crippen molar-refractivity contribution >= 4 is 61.7 Å². The fourth-order valence-electron chi connectivity index (χ4n) is 8.96. The number of phenolic OH excluding ortho intramolecular Hbond substituents is 1. The SMILES string of the molecule is CO[C@H]1/C=C/O[C@@]2(C)Oc3c(C)c(O)c4c(=O)c(c5oc6c7c(cc(=O)c6nc5c4c3=C2O)N(C)CCCN7C)NC(=O)/C(C)=C\C=C\[C@H](C)[C@H](O)[C@@H](C)[C@H](O)[C@@H](C)[C@H](O)[C@@H]1C. The molecule has 16 nitrogen and oxygen atoms in total. The van der Waals surface area contributed by atoms with E-state index in [1.165, 1.54) is 52.4 Å². The first-order valence-electron chi connectivity index (χ1n) is 20.8. The monoisotopic (exact) mass is 856 g/mol. The second kappa shape index (κ2) is 16.5. The molecule has 7 rings (SSSR count). The highest BCUT2D eigenvalue weighted by atomic mass is 16.7. The zero-order chi connectivity index (χ0) is 45.3. The van der Waals surface area contributed by atoms with Crippen molar-refractivity contribution in [1.82, 2.24) is 4.98 Å². The van der Waals surface area contributed by atoms with Crippen molar-refractivity contribution in [3.63, 3.8) is 0 Å². The third kappa shape index (κ3) is 7.21. The molecule has 62 heavy (non-hydrogen) atoms. The van der Waals surface area contributed by atoms with E-state index in [4.69, 9.17) is 23.6 Å². The zero-order valence-electron chi connectivity index (χ0n) is 36.6. The minimum atomic E-state index is -1.95. The number of carbonyl (C=O) groups is 1. The van der Waals surface area contributed by atoms with Crippen molar-refractivity contribution < 1.29 is 49.0 Å². The molecule has 16 heteroatoms. The molecule has 1 amide bonds. The van der Waals surface area contributed by atoms with Crippen molar-refractivity contribution in [2.24, 2.45) is 23.7 Å². The van der Waals surface area contributed by atoms with Gasteiger partial charge in [0.25, 0.3) is 5.91 Å². The number of rotatable bonds is 1. The maximum Gasteiger partial charge on any atom is 0.307 e. The summed E-state index contributed by atoms with van der Waals surface area (Å²) < 4.78 is 24.7. The van der Waals surface area contributed by atoms with Crippen LogP contribution in [0.25, 0.3) is 38.7 Å². The Kier molecular flexibility index (Phi) is 11.8. The summed E-state index contributed by atoms with van der Waals surface area (Å²) in [4.78, 5) is 51.5. The smallest absolute Gasteiger partial charge is 0.307 e. The summed E-state index contributed by atoms with van der Waals surface area (Å²) in [5, 5.41) is 60.2. The van der Waals surface area contributed by atoms with E-state index in [0.717, 1.165) is 6.42 Å². The molecule has 0 saturated heterocycles. The van der Waals surface area contributed by atoms with Gasteiger partial charge in [-0.3, -0.25) is 14.4 Å². The summed E-state index contributed by atoms with van der Waals surface area (Å²) in [6, 6.07) is 1.47. The topological polar surface area (TPSA) is 225 Å². The molecule has 3 aliphatic heterocycles.